The van der Waals surface area contributed by atoms with E-state index in [-0.39, 0.29) is 11.9 Å². The Bertz CT molecular complexity index is 423. The highest BCUT2D eigenvalue weighted by Gasteiger charge is 2.12. The molecule has 0 aliphatic heterocycles. The van der Waals surface area contributed by atoms with Crippen LogP contribution in [0.3, 0.4) is 0 Å². The van der Waals surface area contributed by atoms with Crippen molar-refractivity contribution in [3.8, 4) is 0 Å². The molecule has 0 aliphatic rings. The number of anilines is 1. The second kappa shape index (κ2) is 7.33. The number of carbonyl (C=O) groups is 1. The number of carbonyl (C=O) groups excluding carboxylic acids is 1. The molecule has 1 aromatic carbocycles. The fourth-order valence-electron chi connectivity index (χ4n) is 1.36. The molecule has 3 nitrogen and oxygen atoms in total. The fraction of sp³-hybridized carbons (Fsp3) is 0.462. The van der Waals surface area contributed by atoms with Gasteiger partial charge in [0, 0.05) is 20.3 Å². The van der Waals surface area contributed by atoms with E-state index in [9.17, 15) is 4.79 Å². The van der Waals surface area contributed by atoms with E-state index in [0.29, 0.717) is 12.5 Å². The Labute approximate surface area is 130 Å². The number of hydrogen-bond donors (Lipinski definition) is 2. The minimum atomic E-state index is -0.240. The molecule has 1 amide bonds. The second-order valence-corrected chi connectivity index (χ2v) is 6.65. The van der Waals surface area contributed by atoms with Gasteiger partial charge in [0.05, 0.1) is 0 Å². The van der Waals surface area contributed by atoms with Crippen LogP contribution in [0.2, 0.25) is 0 Å². The summed E-state index contributed by atoms with van der Waals surface area (Å²) in [6, 6.07) is 5.72. The maximum atomic E-state index is 11.8. The van der Waals surface area contributed by atoms with Crippen LogP contribution in [0.25, 0.3) is 0 Å². The maximum Gasteiger partial charge on any atom is 0.242 e. The third-order valence-electron chi connectivity index (χ3n) is 2.38. The lowest BCUT2D eigenvalue weighted by atomic mass is 10.2. The second-order valence-electron chi connectivity index (χ2n) is 4.63. The molecule has 0 spiro atoms. The summed E-state index contributed by atoms with van der Waals surface area (Å²) in [4.78, 5) is 11.8. The zero-order valence-corrected chi connectivity index (χ0v) is 14.5. The van der Waals surface area contributed by atoms with Crippen molar-refractivity contribution in [3.63, 3.8) is 0 Å². The van der Waals surface area contributed by atoms with Crippen molar-refractivity contribution in [2.24, 2.45) is 5.92 Å². The largest absolute Gasteiger partial charge is 0.374 e. The molecule has 0 aliphatic carbocycles. The summed E-state index contributed by atoms with van der Waals surface area (Å²) in [6.45, 7) is 6.73. The Morgan fingerprint density at radius 1 is 1.39 bits per heavy atom. The van der Waals surface area contributed by atoms with Crippen molar-refractivity contribution in [1.29, 1.82) is 0 Å². The quantitative estimate of drug-likeness (QED) is 0.708. The van der Waals surface area contributed by atoms with Gasteiger partial charge in [-0.25, -0.2) is 0 Å². The van der Waals surface area contributed by atoms with Gasteiger partial charge < -0.3 is 10.6 Å². The van der Waals surface area contributed by atoms with Gasteiger partial charge in [0.15, 0.2) is 0 Å². The standard InChI is InChI=1S/C13H18BrIN2O/c1-8(2)7-16-13(18)9(3)17-10-4-5-12(15)11(14)6-10/h4-6,8-9,17H,7H2,1-3H3,(H,16,18). The molecule has 18 heavy (non-hydrogen) atoms. The van der Waals surface area contributed by atoms with Crippen molar-refractivity contribution in [3.05, 3.63) is 26.2 Å². The van der Waals surface area contributed by atoms with E-state index in [1.165, 1.54) is 0 Å². The van der Waals surface area contributed by atoms with Crippen molar-refractivity contribution in [2.45, 2.75) is 26.8 Å². The predicted octanol–water partition coefficient (Wildman–Crippen LogP) is 3.63. The molecular weight excluding hydrogens is 407 g/mol. The summed E-state index contributed by atoms with van der Waals surface area (Å²) < 4.78 is 2.18. The van der Waals surface area contributed by atoms with Crippen LogP contribution in [0.1, 0.15) is 20.8 Å². The van der Waals surface area contributed by atoms with Gasteiger partial charge in [-0.3, -0.25) is 4.79 Å². The molecule has 0 radical (unpaired) electrons. The maximum absolute atomic E-state index is 11.8. The highest BCUT2D eigenvalue weighted by Crippen LogP contribution is 2.23. The molecule has 1 atom stereocenters. The normalized spacial score (nSPS) is 12.3. The molecule has 0 saturated carbocycles. The van der Waals surface area contributed by atoms with Gasteiger partial charge in [-0.15, -0.1) is 0 Å². The van der Waals surface area contributed by atoms with Gasteiger partial charge in [0.25, 0.3) is 0 Å². The van der Waals surface area contributed by atoms with E-state index in [2.05, 4.69) is 63.0 Å². The minimum absolute atomic E-state index is 0.0263. The van der Waals surface area contributed by atoms with Crippen LogP contribution in [0.15, 0.2) is 22.7 Å². The molecule has 2 N–H and O–H groups in total. The molecule has 1 aromatic rings. The first-order valence-corrected chi connectivity index (χ1v) is 7.76. The van der Waals surface area contributed by atoms with Crippen LogP contribution in [0, 0.1) is 9.49 Å². The van der Waals surface area contributed by atoms with Crippen LogP contribution >= 0.6 is 38.5 Å². The molecule has 0 fully saturated rings. The van der Waals surface area contributed by atoms with Crippen LogP contribution in [0.5, 0.6) is 0 Å². The molecule has 0 heterocycles. The lowest BCUT2D eigenvalue weighted by Gasteiger charge is -2.16. The third-order valence-corrected chi connectivity index (χ3v) is 4.72. The van der Waals surface area contributed by atoms with Gasteiger partial charge in [0.1, 0.15) is 6.04 Å². The fourth-order valence-corrected chi connectivity index (χ4v) is 2.07. The van der Waals surface area contributed by atoms with E-state index >= 15 is 0 Å². The van der Waals surface area contributed by atoms with E-state index in [0.717, 1.165) is 13.7 Å². The van der Waals surface area contributed by atoms with E-state index < -0.39 is 0 Å². The summed E-state index contributed by atoms with van der Waals surface area (Å²) in [5.41, 5.74) is 0.939. The molecule has 0 aromatic heterocycles. The molecule has 100 valence electrons. The number of benzene rings is 1. The summed E-state index contributed by atoms with van der Waals surface area (Å²) in [7, 11) is 0. The topological polar surface area (TPSA) is 41.1 Å². The Morgan fingerprint density at radius 2 is 2.06 bits per heavy atom. The SMILES string of the molecule is CC(C)CNC(=O)C(C)Nc1ccc(I)c(Br)c1. The number of hydrogen-bond acceptors (Lipinski definition) is 2. The first-order chi connectivity index (χ1) is 8.40. The molecule has 5 heteroatoms. The lowest BCUT2D eigenvalue weighted by Crippen LogP contribution is -2.39. The van der Waals surface area contributed by atoms with Gasteiger partial charge in [-0.05, 0) is 69.6 Å². The van der Waals surface area contributed by atoms with Crippen molar-refractivity contribution in [1.82, 2.24) is 5.32 Å². The van der Waals surface area contributed by atoms with Gasteiger partial charge in [-0.1, -0.05) is 13.8 Å². The van der Waals surface area contributed by atoms with E-state index in [1.54, 1.807) is 0 Å². The zero-order chi connectivity index (χ0) is 13.7. The molecule has 0 saturated heterocycles. The van der Waals surface area contributed by atoms with Crippen LogP contribution in [-0.2, 0) is 4.79 Å². The number of halogens is 2. The first kappa shape index (κ1) is 15.8. The Balaban J connectivity index is 2.55. The van der Waals surface area contributed by atoms with Crippen molar-refractivity contribution in [2.75, 3.05) is 11.9 Å². The Morgan fingerprint density at radius 3 is 2.61 bits per heavy atom. The summed E-state index contributed by atoms with van der Waals surface area (Å²) in [5, 5.41) is 6.10. The Kier molecular flexibility index (Phi) is 6.42. The van der Waals surface area contributed by atoms with Crippen LogP contribution in [-0.4, -0.2) is 18.5 Å². The average molecular weight is 425 g/mol. The minimum Gasteiger partial charge on any atom is -0.374 e. The summed E-state index contributed by atoms with van der Waals surface area (Å²) in [6.07, 6.45) is 0. The van der Waals surface area contributed by atoms with Gasteiger partial charge >= 0.3 is 0 Å². The number of nitrogens with one attached hydrogen (secondary N) is 2. The third kappa shape index (κ3) is 5.14. The molecular formula is C13H18BrIN2O. The number of amides is 1. The van der Waals surface area contributed by atoms with Crippen molar-refractivity contribution >= 4 is 50.1 Å². The van der Waals surface area contributed by atoms with Gasteiger partial charge in [0.2, 0.25) is 5.91 Å². The summed E-state index contributed by atoms with van der Waals surface area (Å²) in [5.74, 6) is 0.493. The van der Waals surface area contributed by atoms with Crippen molar-refractivity contribution < 1.29 is 4.79 Å². The van der Waals surface area contributed by atoms with E-state index in [1.807, 2.05) is 25.1 Å². The van der Waals surface area contributed by atoms with Crippen LogP contribution < -0.4 is 10.6 Å². The van der Waals surface area contributed by atoms with Crippen LogP contribution in [0.4, 0.5) is 5.69 Å². The summed E-state index contributed by atoms with van der Waals surface area (Å²) >= 11 is 5.73. The Hall–Kier alpha value is -0.300. The smallest absolute Gasteiger partial charge is 0.242 e. The monoisotopic (exact) mass is 424 g/mol. The van der Waals surface area contributed by atoms with E-state index in [4.69, 9.17) is 0 Å². The molecule has 1 rings (SSSR count). The molecule has 1 unspecified atom stereocenters. The zero-order valence-electron chi connectivity index (χ0n) is 10.8. The van der Waals surface area contributed by atoms with Gasteiger partial charge in [-0.2, -0.15) is 0 Å². The predicted molar refractivity (Wildman–Crippen MR) is 87.8 cm³/mol. The highest BCUT2D eigenvalue weighted by atomic mass is 127. The number of rotatable bonds is 5. The lowest BCUT2D eigenvalue weighted by molar-refractivity contribution is -0.121. The first-order valence-electron chi connectivity index (χ1n) is 5.89. The highest BCUT2D eigenvalue weighted by molar-refractivity contribution is 14.1. The average Bonchev–Trinajstić information content (AvgIpc) is 2.30. The molecule has 0 bridgehead atoms.